The number of hydrogen-bond donors (Lipinski definition) is 1. The van der Waals surface area contributed by atoms with Crippen LogP contribution in [-0.4, -0.2) is 29.7 Å². The van der Waals surface area contributed by atoms with Crippen molar-refractivity contribution in [2.24, 2.45) is 52.3 Å². The van der Waals surface area contributed by atoms with Gasteiger partial charge in [-0.2, -0.15) is 0 Å². The first-order valence-corrected chi connectivity index (χ1v) is 13.3. The molecular weight excluding hydrogens is 372 g/mol. The van der Waals surface area contributed by atoms with Crippen LogP contribution in [0.15, 0.2) is 0 Å². The first-order valence-electron chi connectivity index (χ1n) is 13.3. The van der Waals surface area contributed by atoms with Gasteiger partial charge in [0, 0.05) is 12.3 Å². The third kappa shape index (κ3) is 2.61. The zero-order chi connectivity index (χ0) is 20.9. The standard InChI is InChI=1S/C27H44O3/c1-16-7-12-27(29-15-16)17(2)24-23(30-27)14-22-20-6-5-18-13-19(28)8-10-25(18,3)21(20)9-11-26(22,24)4/h16-24,28H,5-15H2,1-4H3/t16-,17+,18-,19-,20+,21-,22-,23-,24-,25-,26-,27-/m0/s1. The molecule has 6 fully saturated rings. The van der Waals surface area contributed by atoms with Crippen molar-refractivity contribution in [1.82, 2.24) is 0 Å². The Morgan fingerprint density at radius 1 is 0.833 bits per heavy atom. The summed E-state index contributed by atoms with van der Waals surface area (Å²) in [5.41, 5.74) is 0.899. The first-order chi connectivity index (χ1) is 14.3. The number of ether oxygens (including phenoxy) is 2. The summed E-state index contributed by atoms with van der Waals surface area (Å²) in [5.74, 6) is 4.93. The molecule has 30 heavy (non-hydrogen) atoms. The molecule has 170 valence electrons. The lowest BCUT2D eigenvalue weighted by Crippen LogP contribution is -2.55. The van der Waals surface area contributed by atoms with Gasteiger partial charge in [-0.1, -0.05) is 27.7 Å². The van der Waals surface area contributed by atoms with E-state index in [9.17, 15) is 5.11 Å². The fraction of sp³-hybridized carbons (Fsp3) is 1.00. The van der Waals surface area contributed by atoms with Gasteiger partial charge >= 0.3 is 0 Å². The molecule has 4 saturated carbocycles. The number of hydrogen-bond acceptors (Lipinski definition) is 3. The quantitative estimate of drug-likeness (QED) is 0.543. The molecule has 1 N–H and O–H groups in total. The molecule has 0 aromatic carbocycles. The van der Waals surface area contributed by atoms with Crippen molar-refractivity contribution in [3.05, 3.63) is 0 Å². The highest BCUT2D eigenvalue weighted by atomic mass is 16.7. The number of aliphatic hydroxyl groups excluding tert-OH is 1. The van der Waals surface area contributed by atoms with E-state index in [0.29, 0.717) is 34.7 Å². The molecule has 0 aromatic rings. The molecule has 0 bridgehead atoms. The summed E-state index contributed by atoms with van der Waals surface area (Å²) in [6, 6.07) is 0. The van der Waals surface area contributed by atoms with Crippen LogP contribution in [0.2, 0.25) is 0 Å². The van der Waals surface area contributed by atoms with Crippen molar-refractivity contribution in [3.8, 4) is 0 Å². The second-order valence-corrected chi connectivity index (χ2v) is 13.1. The Kier molecular flexibility index (Phi) is 4.58. The Hall–Kier alpha value is -0.120. The fourth-order valence-electron chi connectivity index (χ4n) is 10.3. The van der Waals surface area contributed by atoms with Crippen LogP contribution in [0.25, 0.3) is 0 Å². The summed E-state index contributed by atoms with van der Waals surface area (Å²) in [6.07, 6.45) is 12.9. The van der Waals surface area contributed by atoms with E-state index in [1.165, 1.54) is 44.9 Å². The van der Waals surface area contributed by atoms with E-state index in [1.807, 2.05) is 0 Å². The summed E-state index contributed by atoms with van der Waals surface area (Å²) < 4.78 is 13.4. The molecule has 3 heteroatoms. The lowest BCUT2D eigenvalue weighted by atomic mass is 9.44. The average Bonchev–Trinajstić information content (AvgIpc) is 3.16. The van der Waals surface area contributed by atoms with E-state index in [0.717, 1.165) is 49.5 Å². The van der Waals surface area contributed by atoms with Crippen LogP contribution in [0.5, 0.6) is 0 Å². The Morgan fingerprint density at radius 3 is 2.40 bits per heavy atom. The molecule has 2 aliphatic heterocycles. The number of rotatable bonds is 0. The normalized spacial score (nSPS) is 62.5. The molecule has 6 rings (SSSR count). The van der Waals surface area contributed by atoms with Crippen molar-refractivity contribution in [2.75, 3.05) is 6.61 Å². The summed E-state index contributed by atoms with van der Waals surface area (Å²) >= 11 is 0. The Morgan fingerprint density at radius 2 is 1.63 bits per heavy atom. The molecule has 4 aliphatic carbocycles. The van der Waals surface area contributed by atoms with Gasteiger partial charge in [0.15, 0.2) is 5.79 Å². The van der Waals surface area contributed by atoms with Crippen LogP contribution in [0.3, 0.4) is 0 Å². The molecule has 2 saturated heterocycles. The minimum absolute atomic E-state index is 0.0389. The largest absolute Gasteiger partial charge is 0.393 e. The second-order valence-electron chi connectivity index (χ2n) is 13.1. The maximum Gasteiger partial charge on any atom is 0.171 e. The van der Waals surface area contributed by atoms with Crippen molar-refractivity contribution in [3.63, 3.8) is 0 Å². The van der Waals surface area contributed by atoms with Crippen LogP contribution in [-0.2, 0) is 9.47 Å². The zero-order valence-electron chi connectivity index (χ0n) is 19.7. The Labute approximate surface area is 183 Å². The Bertz CT molecular complexity index is 684. The summed E-state index contributed by atoms with van der Waals surface area (Å²) in [5, 5.41) is 10.3. The second kappa shape index (κ2) is 6.70. The van der Waals surface area contributed by atoms with E-state index in [1.54, 1.807) is 0 Å². The maximum atomic E-state index is 10.3. The predicted octanol–water partition coefficient (Wildman–Crippen LogP) is 5.79. The molecule has 12 atom stereocenters. The highest BCUT2D eigenvalue weighted by molar-refractivity contribution is 5.15. The van der Waals surface area contributed by atoms with E-state index < -0.39 is 0 Å². The minimum Gasteiger partial charge on any atom is -0.393 e. The first kappa shape index (κ1) is 20.5. The van der Waals surface area contributed by atoms with Crippen molar-refractivity contribution < 1.29 is 14.6 Å². The topological polar surface area (TPSA) is 38.7 Å². The molecule has 0 radical (unpaired) electrons. The maximum absolute atomic E-state index is 10.3. The average molecular weight is 417 g/mol. The van der Waals surface area contributed by atoms with Gasteiger partial charge in [0.25, 0.3) is 0 Å². The fourth-order valence-corrected chi connectivity index (χ4v) is 10.3. The number of fused-ring (bicyclic) bond motifs is 7. The summed E-state index contributed by atoms with van der Waals surface area (Å²) in [6.45, 7) is 10.9. The SMILES string of the molecule is C[C@H]1CC[C@]2(OC1)O[C@H]1C[C@H]3[C@@H]4CC[C@H]5C[C@@H](O)CC[C@]5(C)[C@H]4CC[C@]3(C)[C@H]1[C@H]2C. The van der Waals surface area contributed by atoms with E-state index in [2.05, 4.69) is 27.7 Å². The summed E-state index contributed by atoms with van der Waals surface area (Å²) in [7, 11) is 0. The van der Waals surface area contributed by atoms with Crippen LogP contribution in [0, 0.1) is 52.3 Å². The highest BCUT2D eigenvalue weighted by Crippen LogP contribution is 2.71. The van der Waals surface area contributed by atoms with Crippen molar-refractivity contribution >= 4 is 0 Å². The van der Waals surface area contributed by atoms with E-state index in [-0.39, 0.29) is 11.9 Å². The molecule has 3 nitrogen and oxygen atoms in total. The smallest absolute Gasteiger partial charge is 0.171 e. The van der Waals surface area contributed by atoms with Gasteiger partial charge in [-0.15, -0.1) is 0 Å². The van der Waals surface area contributed by atoms with Gasteiger partial charge in [0.1, 0.15) is 0 Å². The van der Waals surface area contributed by atoms with E-state index >= 15 is 0 Å². The molecular formula is C27H44O3. The molecule has 1 spiro atoms. The van der Waals surface area contributed by atoms with Crippen molar-refractivity contribution in [1.29, 1.82) is 0 Å². The van der Waals surface area contributed by atoms with Gasteiger partial charge in [-0.25, -0.2) is 0 Å². The van der Waals surface area contributed by atoms with Gasteiger partial charge in [-0.3, -0.25) is 0 Å². The van der Waals surface area contributed by atoms with Crippen molar-refractivity contribution in [2.45, 2.75) is 110 Å². The minimum atomic E-state index is -0.282. The molecule has 2 heterocycles. The van der Waals surface area contributed by atoms with Gasteiger partial charge in [-0.05, 0) is 104 Å². The molecule has 6 aliphatic rings. The zero-order valence-corrected chi connectivity index (χ0v) is 19.7. The Balaban J connectivity index is 1.26. The summed E-state index contributed by atoms with van der Waals surface area (Å²) in [4.78, 5) is 0. The monoisotopic (exact) mass is 416 g/mol. The lowest BCUT2D eigenvalue weighted by Gasteiger charge is -2.61. The number of aliphatic hydroxyl groups is 1. The van der Waals surface area contributed by atoms with Crippen LogP contribution in [0.4, 0.5) is 0 Å². The van der Waals surface area contributed by atoms with Crippen LogP contribution < -0.4 is 0 Å². The van der Waals surface area contributed by atoms with Gasteiger partial charge < -0.3 is 14.6 Å². The molecule has 0 unspecified atom stereocenters. The predicted molar refractivity (Wildman–Crippen MR) is 118 cm³/mol. The third-order valence-corrected chi connectivity index (χ3v) is 11.9. The van der Waals surface area contributed by atoms with Crippen LogP contribution in [0.1, 0.15) is 91.9 Å². The molecule has 0 aromatic heterocycles. The highest BCUT2D eigenvalue weighted by Gasteiger charge is 2.69. The third-order valence-electron chi connectivity index (χ3n) is 11.9. The molecule has 0 amide bonds. The van der Waals surface area contributed by atoms with Gasteiger partial charge in [0.05, 0.1) is 18.8 Å². The van der Waals surface area contributed by atoms with Gasteiger partial charge in [0.2, 0.25) is 0 Å². The van der Waals surface area contributed by atoms with Crippen LogP contribution >= 0.6 is 0 Å². The lowest BCUT2D eigenvalue weighted by molar-refractivity contribution is -0.273. The van der Waals surface area contributed by atoms with E-state index in [4.69, 9.17) is 9.47 Å².